The van der Waals surface area contributed by atoms with Gasteiger partial charge in [-0.05, 0) is 48.1 Å². The molecule has 1 amide bonds. The van der Waals surface area contributed by atoms with E-state index in [1.165, 1.54) is 0 Å². The van der Waals surface area contributed by atoms with Crippen LogP contribution in [0.1, 0.15) is 23.3 Å². The summed E-state index contributed by atoms with van der Waals surface area (Å²) in [6, 6.07) is 11.5. The van der Waals surface area contributed by atoms with E-state index >= 15 is 0 Å². The number of methoxy groups -OCH3 is 1. The number of benzene rings is 1. The van der Waals surface area contributed by atoms with Gasteiger partial charge in [-0.1, -0.05) is 12.1 Å². The van der Waals surface area contributed by atoms with Gasteiger partial charge in [-0.15, -0.1) is 11.3 Å². The van der Waals surface area contributed by atoms with Crippen molar-refractivity contribution < 1.29 is 14.3 Å². The first-order valence-electron chi connectivity index (χ1n) is 7.95. The van der Waals surface area contributed by atoms with Gasteiger partial charge in [0.15, 0.2) is 11.5 Å². The molecule has 1 aliphatic carbocycles. The first kappa shape index (κ1) is 17.1. The molecule has 1 heterocycles. The largest absolute Gasteiger partial charge is 0.493 e. The lowest BCUT2D eigenvalue weighted by molar-refractivity contribution is -0.117. The van der Waals surface area contributed by atoms with E-state index in [0.717, 1.165) is 17.7 Å². The number of nitrogens with one attached hydrogen (secondary N) is 1. The molecule has 0 atom stereocenters. The normalized spacial score (nSPS) is 13.8. The van der Waals surface area contributed by atoms with Gasteiger partial charge < -0.3 is 14.8 Å². The molecule has 3 rings (SSSR count). The van der Waals surface area contributed by atoms with Crippen LogP contribution in [-0.4, -0.2) is 19.1 Å². The van der Waals surface area contributed by atoms with Gasteiger partial charge in [-0.25, -0.2) is 0 Å². The number of hydrogen-bond donors (Lipinski definition) is 1. The maximum absolute atomic E-state index is 12.0. The predicted octanol–water partition coefficient (Wildman–Crippen LogP) is 3.52. The molecular weight excluding hydrogens is 336 g/mol. The zero-order valence-corrected chi connectivity index (χ0v) is 14.6. The van der Waals surface area contributed by atoms with Crippen LogP contribution >= 0.6 is 11.3 Å². The monoisotopic (exact) mass is 354 g/mol. The fourth-order valence-corrected chi connectivity index (χ4v) is 2.86. The van der Waals surface area contributed by atoms with Crippen LogP contribution in [0.4, 0.5) is 0 Å². The first-order chi connectivity index (χ1) is 12.2. The van der Waals surface area contributed by atoms with E-state index in [1.807, 2.05) is 23.6 Å². The highest BCUT2D eigenvalue weighted by molar-refractivity contribution is 7.09. The van der Waals surface area contributed by atoms with Gasteiger partial charge in [0.1, 0.15) is 18.2 Å². The molecule has 0 radical (unpaired) electrons. The molecule has 1 fully saturated rings. The highest BCUT2D eigenvalue weighted by Crippen LogP contribution is 2.30. The third-order valence-corrected chi connectivity index (χ3v) is 4.58. The Morgan fingerprint density at radius 1 is 1.40 bits per heavy atom. The Morgan fingerprint density at radius 2 is 2.24 bits per heavy atom. The van der Waals surface area contributed by atoms with Crippen molar-refractivity contribution in [3.63, 3.8) is 0 Å². The molecule has 0 bridgehead atoms. The fraction of sp³-hybridized carbons (Fsp3) is 0.263. The minimum absolute atomic E-state index is 0.0845. The molecule has 25 heavy (non-hydrogen) atoms. The molecule has 1 aliphatic rings. The van der Waals surface area contributed by atoms with Gasteiger partial charge >= 0.3 is 0 Å². The third kappa shape index (κ3) is 4.61. The summed E-state index contributed by atoms with van der Waals surface area (Å²) in [6.45, 7) is 0.469. The Balaban J connectivity index is 1.74. The Hall–Kier alpha value is -2.78. The van der Waals surface area contributed by atoms with E-state index in [4.69, 9.17) is 9.47 Å². The number of carbonyl (C=O) groups is 1. The van der Waals surface area contributed by atoms with Gasteiger partial charge in [0.25, 0.3) is 5.91 Å². The Labute approximate surface area is 150 Å². The van der Waals surface area contributed by atoms with Gasteiger partial charge in [-0.3, -0.25) is 4.79 Å². The first-order valence-corrected chi connectivity index (χ1v) is 8.83. The maximum Gasteiger partial charge on any atom is 0.262 e. The van der Waals surface area contributed by atoms with Crippen LogP contribution in [0.5, 0.6) is 11.5 Å². The average molecular weight is 354 g/mol. The topological polar surface area (TPSA) is 71.3 Å². The molecule has 0 aliphatic heterocycles. The van der Waals surface area contributed by atoms with Crippen LogP contribution < -0.4 is 14.8 Å². The van der Waals surface area contributed by atoms with Crippen LogP contribution in [0.25, 0.3) is 6.08 Å². The number of ether oxygens (including phenoxy) is 2. The van der Waals surface area contributed by atoms with Gasteiger partial charge in [0.05, 0.1) is 7.11 Å². The highest BCUT2D eigenvalue weighted by atomic mass is 32.1. The summed E-state index contributed by atoms with van der Waals surface area (Å²) < 4.78 is 11.2. The summed E-state index contributed by atoms with van der Waals surface area (Å²) in [4.78, 5) is 13.1. The molecule has 128 valence electrons. The lowest BCUT2D eigenvalue weighted by Gasteiger charge is -2.11. The van der Waals surface area contributed by atoms with Crippen molar-refractivity contribution in [3.8, 4) is 17.6 Å². The molecule has 0 saturated heterocycles. The molecule has 5 nitrogen and oxygen atoms in total. The molecule has 6 heteroatoms. The maximum atomic E-state index is 12.0. The standard InChI is InChI=1S/C19H18N2O3S/c1-23-18-10-13(9-14(11-20)19(22)21-15-5-6-15)4-7-17(18)24-12-16-3-2-8-25-16/h2-4,7-10,15H,5-6,12H2,1H3,(H,21,22)/b14-9+. The SMILES string of the molecule is COc1cc(/C=C(\C#N)C(=O)NC2CC2)ccc1OCc1cccs1. The second-order valence-corrected chi connectivity index (χ2v) is 6.73. The van der Waals surface area contributed by atoms with E-state index < -0.39 is 0 Å². The fourth-order valence-electron chi connectivity index (χ4n) is 2.24. The Kier molecular flexibility index (Phi) is 5.36. The van der Waals surface area contributed by atoms with Crippen LogP contribution in [0.3, 0.4) is 0 Å². The van der Waals surface area contributed by atoms with Gasteiger partial charge in [0.2, 0.25) is 0 Å². The summed E-state index contributed by atoms with van der Waals surface area (Å²) in [5.41, 5.74) is 0.795. The number of hydrogen-bond acceptors (Lipinski definition) is 5. The second kappa shape index (κ2) is 7.86. The average Bonchev–Trinajstić information content (AvgIpc) is 3.28. The molecule has 1 saturated carbocycles. The molecule has 0 unspecified atom stereocenters. The molecule has 1 aromatic heterocycles. The van der Waals surface area contributed by atoms with Crippen molar-refractivity contribution in [3.05, 3.63) is 51.7 Å². The van der Waals surface area contributed by atoms with Crippen LogP contribution in [0.15, 0.2) is 41.3 Å². The minimum Gasteiger partial charge on any atom is -0.493 e. The predicted molar refractivity (Wildman–Crippen MR) is 96.4 cm³/mol. The lowest BCUT2D eigenvalue weighted by Crippen LogP contribution is -2.26. The number of rotatable bonds is 7. The van der Waals surface area contributed by atoms with E-state index in [1.54, 1.807) is 42.7 Å². The summed E-state index contributed by atoms with van der Waals surface area (Å²) in [5, 5.41) is 14.0. The van der Waals surface area contributed by atoms with Crippen molar-refractivity contribution in [2.24, 2.45) is 0 Å². The lowest BCUT2D eigenvalue weighted by atomic mass is 10.1. The molecule has 0 spiro atoms. The number of thiophene rings is 1. The van der Waals surface area contributed by atoms with Crippen molar-refractivity contribution in [2.45, 2.75) is 25.5 Å². The smallest absolute Gasteiger partial charge is 0.262 e. The molecule has 2 aromatic rings. The quantitative estimate of drug-likeness (QED) is 0.610. The van der Waals surface area contributed by atoms with E-state index in [9.17, 15) is 10.1 Å². The summed E-state index contributed by atoms with van der Waals surface area (Å²) in [6.07, 6.45) is 3.52. The van der Waals surface area contributed by atoms with E-state index in [2.05, 4.69) is 5.32 Å². The van der Waals surface area contributed by atoms with E-state index in [0.29, 0.717) is 23.7 Å². The second-order valence-electron chi connectivity index (χ2n) is 5.70. The Morgan fingerprint density at radius 3 is 2.88 bits per heavy atom. The number of amides is 1. The van der Waals surface area contributed by atoms with Gasteiger partial charge in [0, 0.05) is 10.9 Å². The highest BCUT2D eigenvalue weighted by Gasteiger charge is 2.24. The van der Waals surface area contributed by atoms with Crippen LogP contribution in [0, 0.1) is 11.3 Å². The minimum atomic E-state index is -0.331. The zero-order chi connectivity index (χ0) is 17.6. The Bertz CT molecular complexity index is 818. The molecule has 1 aromatic carbocycles. The van der Waals surface area contributed by atoms with Crippen molar-refractivity contribution in [1.29, 1.82) is 5.26 Å². The van der Waals surface area contributed by atoms with Crippen molar-refractivity contribution in [2.75, 3.05) is 7.11 Å². The summed E-state index contributed by atoms with van der Waals surface area (Å²) in [7, 11) is 1.56. The molecular formula is C19H18N2O3S. The van der Waals surface area contributed by atoms with E-state index in [-0.39, 0.29) is 17.5 Å². The zero-order valence-electron chi connectivity index (χ0n) is 13.8. The van der Waals surface area contributed by atoms with Gasteiger partial charge in [-0.2, -0.15) is 5.26 Å². The van der Waals surface area contributed by atoms with Crippen molar-refractivity contribution >= 4 is 23.3 Å². The van der Waals surface area contributed by atoms with Crippen LogP contribution in [0.2, 0.25) is 0 Å². The number of carbonyl (C=O) groups excluding carboxylic acids is 1. The summed E-state index contributed by atoms with van der Waals surface area (Å²) in [5.74, 6) is 0.848. The van der Waals surface area contributed by atoms with Crippen LogP contribution in [-0.2, 0) is 11.4 Å². The third-order valence-electron chi connectivity index (χ3n) is 3.73. The number of nitriles is 1. The summed E-state index contributed by atoms with van der Waals surface area (Å²) >= 11 is 1.63. The van der Waals surface area contributed by atoms with Crippen molar-refractivity contribution in [1.82, 2.24) is 5.32 Å². The molecule has 1 N–H and O–H groups in total. The number of nitrogens with zero attached hydrogens (tertiary/aromatic N) is 1.